The Bertz CT molecular complexity index is 660. The van der Waals surface area contributed by atoms with Crippen LogP contribution in [0.4, 0.5) is 22.7 Å². The van der Waals surface area contributed by atoms with Crippen molar-refractivity contribution in [3.05, 3.63) is 61.2 Å². The third-order valence-corrected chi connectivity index (χ3v) is 2.90. The molecule has 1 amide bonds. The van der Waals surface area contributed by atoms with Crippen molar-refractivity contribution in [1.82, 2.24) is 0 Å². The van der Waals surface area contributed by atoms with Gasteiger partial charge < -0.3 is 11.1 Å². The van der Waals surface area contributed by atoms with Crippen LogP contribution in [0.5, 0.6) is 0 Å². The third-order valence-electron chi connectivity index (χ3n) is 2.90. The number of nitrogen functional groups attached to an aromatic ring is 1. The molecule has 5 heteroatoms. The number of nitrogens with zero attached hydrogens (tertiary/aromatic N) is 2. The number of hydrogen-bond donors (Lipinski definition) is 2. The number of nitrogens with one attached hydrogen (secondary N) is 1. The summed E-state index contributed by atoms with van der Waals surface area (Å²) in [5.41, 5.74) is 8.48. The zero-order chi connectivity index (χ0) is 15.8. The van der Waals surface area contributed by atoms with Crippen molar-refractivity contribution in [2.45, 2.75) is 12.8 Å². The summed E-state index contributed by atoms with van der Waals surface area (Å²) < 4.78 is 0. The van der Waals surface area contributed by atoms with Crippen molar-refractivity contribution in [2.24, 2.45) is 10.2 Å². The van der Waals surface area contributed by atoms with Gasteiger partial charge in [-0.1, -0.05) is 6.08 Å². The lowest BCUT2D eigenvalue weighted by atomic mass is 10.2. The van der Waals surface area contributed by atoms with Gasteiger partial charge in [0.2, 0.25) is 5.91 Å². The van der Waals surface area contributed by atoms with Gasteiger partial charge in [0.15, 0.2) is 0 Å². The maximum absolute atomic E-state index is 11.6. The molecule has 0 saturated carbocycles. The van der Waals surface area contributed by atoms with Gasteiger partial charge in [0, 0.05) is 17.8 Å². The molecule has 0 heterocycles. The molecule has 2 aromatic carbocycles. The normalized spacial score (nSPS) is 10.5. The number of azo groups is 1. The summed E-state index contributed by atoms with van der Waals surface area (Å²) >= 11 is 0. The van der Waals surface area contributed by atoms with Gasteiger partial charge in [0.05, 0.1) is 11.4 Å². The first kappa shape index (κ1) is 15.4. The molecule has 0 aliphatic rings. The summed E-state index contributed by atoms with van der Waals surface area (Å²) in [5.74, 6) is -0.0313. The molecule has 22 heavy (non-hydrogen) atoms. The maximum Gasteiger partial charge on any atom is 0.224 e. The molecule has 0 radical (unpaired) electrons. The first-order valence-corrected chi connectivity index (χ1v) is 6.95. The van der Waals surface area contributed by atoms with E-state index in [0.29, 0.717) is 24.2 Å². The molecular weight excluding hydrogens is 276 g/mol. The highest BCUT2D eigenvalue weighted by molar-refractivity contribution is 5.90. The van der Waals surface area contributed by atoms with Crippen LogP contribution in [-0.4, -0.2) is 5.91 Å². The van der Waals surface area contributed by atoms with Gasteiger partial charge in [-0.25, -0.2) is 0 Å². The van der Waals surface area contributed by atoms with E-state index in [2.05, 4.69) is 22.1 Å². The van der Waals surface area contributed by atoms with Crippen LogP contribution in [-0.2, 0) is 4.79 Å². The Labute approximate surface area is 129 Å². The van der Waals surface area contributed by atoms with Gasteiger partial charge in [-0.15, -0.1) is 6.58 Å². The fraction of sp³-hybridized carbons (Fsp3) is 0.118. The van der Waals surface area contributed by atoms with E-state index in [4.69, 9.17) is 5.73 Å². The lowest BCUT2D eigenvalue weighted by molar-refractivity contribution is -0.116. The second-order valence-corrected chi connectivity index (χ2v) is 4.71. The zero-order valence-corrected chi connectivity index (χ0v) is 12.2. The Hall–Kier alpha value is -2.95. The molecular formula is C17H18N4O. The molecule has 0 spiro atoms. The number of carbonyl (C=O) groups excluding carboxylic acids is 1. The standard InChI is InChI=1S/C17H18N4O/c1-2-3-4-17(22)19-14-9-11-16(12-10-14)21-20-15-7-5-13(18)6-8-15/h2,5-12H,1,3-4,18H2,(H,19,22)/b21-20+. The number of allylic oxidation sites excluding steroid dienone is 1. The molecule has 5 nitrogen and oxygen atoms in total. The monoisotopic (exact) mass is 294 g/mol. The third kappa shape index (κ3) is 4.86. The maximum atomic E-state index is 11.6. The predicted octanol–water partition coefficient (Wildman–Crippen LogP) is 4.59. The van der Waals surface area contributed by atoms with Gasteiger partial charge in [0.25, 0.3) is 0 Å². The number of hydrogen-bond acceptors (Lipinski definition) is 4. The Morgan fingerprint density at radius 1 is 1.05 bits per heavy atom. The molecule has 112 valence electrons. The molecule has 0 aliphatic heterocycles. The van der Waals surface area contributed by atoms with E-state index < -0.39 is 0 Å². The topological polar surface area (TPSA) is 79.8 Å². The van der Waals surface area contributed by atoms with Gasteiger partial charge in [0.1, 0.15) is 0 Å². The molecule has 0 unspecified atom stereocenters. The summed E-state index contributed by atoms with van der Waals surface area (Å²) in [6.07, 6.45) is 2.82. The van der Waals surface area contributed by atoms with Crippen molar-refractivity contribution in [1.29, 1.82) is 0 Å². The number of carbonyl (C=O) groups is 1. The highest BCUT2D eigenvalue weighted by Gasteiger charge is 2.00. The summed E-state index contributed by atoms with van der Waals surface area (Å²) in [4.78, 5) is 11.6. The van der Waals surface area contributed by atoms with Crippen molar-refractivity contribution < 1.29 is 4.79 Å². The molecule has 0 bridgehead atoms. The number of benzene rings is 2. The SMILES string of the molecule is C=CCCC(=O)Nc1ccc(/N=N/c2ccc(N)cc2)cc1. The fourth-order valence-electron chi connectivity index (χ4n) is 1.72. The minimum absolute atomic E-state index is 0.0313. The van der Waals surface area contributed by atoms with E-state index in [1.807, 2.05) is 0 Å². The number of nitrogens with two attached hydrogens (primary N) is 1. The van der Waals surface area contributed by atoms with Gasteiger partial charge >= 0.3 is 0 Å². The summed E-state index contributed by atoms with van der Waals surface area (Å²) in [6.45, 7) is 3.59. The molecule has 3 N–H and O–H groups in total. The second-order valence-electron chi connectivity index (χ2n) is 4.71. The van der Waals surface area contributed by atoms with E-state index in [9.17, 15) is 4.79 Å². The van der Waals surface area contributed by atoms with Crippen molar-refractivity contribution in [3.8, 4) is 0 Å². The smallest absolute Gasteiger partial charge is 0.224 e. The van der Waals surface area contributed by atoms with Crippen molar-refractivity contribution in [2.75, 3.05) is 11.1 Å². The summed E-state index contributed by atoms with van der Waals surface area (Å²) in [7, 11) is 0. The first-order chi connectivity index (χ1) is 10.7. The highest BCUT2D eigenvalue weighted by atomic mass is 16.1. The highest BCUT2D eigenvalue weighted by Crippen LogP contribution is 2.21. The lowest BCUT2D eigenvalue weighted by Gasteiger charge is -2.04. The molecule has 0 aliphatic carbocycles. The molecule has 2 aromatic rings. The zero-order valence-electron chi connectivity index (χ0n) is 12.2. The van der Waals surface area contributed by atoms with Crippen molar-refractivity contribution >= 4 is 28.7 Å². The Morgan fingerprint density at radius 3 is 2.14 bits per heavy atom. The fourth-order valence-corrected chi connectivity index (χ4v) is 1.72. The number of anilines is 2. The van der Waals surface area contributed by atoms with Crippen LogP contribution < -0.4 is 11.1 Å². The summed E-state index contributed by atoms with van der Waals surface area (Å²) in [6, 6.07) is 14.3. The Morgan fingerprint density at radius 2 is 1.59 bits per heavy atom. The van der Waals surface area contributed by atoms with Crippen LogP contribution in [0, 0.1) is 0 Å². The van der Waals surface area contributed by atoms with Gasteiger partial charge in [-0.3, -0.25) is 4.79 Å². The largest absolute Gasteiger partial charge is 0.399 e. The minimum atomic E-state index is -0.0313. The Kier molecular flexibility index (Phi) is 5.43. The molecule has 2 rings (SSSR count). The van der Waals surface area contributed by atoms with Crippen LogP contribution in [0.25, 0.3) is 0 Å². The second kappa shape index (κ2) is 7.73. The van der Waals surface area contributed by atoms with Crippen LogP contribution in [0.3, 0.4) is 0 Å². The van der Waals surface area contributed by atoms with Crippen LogP contribution in [0.15, 0.2) is 71.4 Å². The molecule has 0 aromatic heterocycles. The van der Waals surface area contributed by atoms with E-state index >= 15 is 0 Å². The quantitative estimate of drug-likeness (QED) is 0.464. The van der Waals surface area contributed by atoms with Gasteiger partial charge in [-0.2, -0.15) is 10.2 Å². The molecule has 0 atom stereocenters. The van der Waals surface area contributed by atoms with E-state index in [-0.39, 0.29) is 5.91 Å². The minimum Gasteiger partial charge on any atom is -0.399 e. The molecule has 0 saturated heterocycles. The molecule has 0 fully saturated rings. The van der Waals surface area contributed by atoms with E-state index in [1.54, 1.807) is 54.6 Å². The first-order valence-electron chi connectivity index (χ1n) is 6.95. The van der Waals surface area contributed by atoms with Gasteiger partial charge in [-0.05, 0) is 55.0 Å². The number of rotatable bonds is 6. The average molecular weight is 294 g/mol. The predicted molar refractivity (Wildman–Crippen MR) is 89.5 cm³/mol. The Balaban J connectivity index is 1.95. The van der Waals surface area contributed by atoms with Crippen molar-refractivity contribution in [3.63, 3.8) is 0 Å². The number of amides is 1. The van der Waals surface area contributed by atoms with E-state index in [1.165, 1.54) is 0 Å². The summed E-state index contributed by atoms with van der Waals surface area (Å²) in [5, 5.41) is 11.1. The lowest BCUT2D eigenvalue weighted by Crippen LogP contribution is -2.10. The van der Waals surface area contributed by atoms with E-state index in [0.717, 1.165) is 11.4 Å². The van der Waals surface area contributed by atoms with Crippen LogP contribution >= 0.6 is 0 Å². The van der Waals surface area contributed by atoms with Crippen LogP contribution in [0.1, 0.15) is 12.8 Å². The average Bonchev–Trinajstić information content (AvgIpc) is 2.54. The van der Waals surface area contributed by atoms with Crippen LogP contribution in [0.2, 0.25) is 0 Å².